The summed E-state index contributed by atoms with van der Waals surface area (Å²) >= 11 is 0. The molecule has 2 rings (SSSR count). The van der Waals surface area contributed by atoms with E-state index in [2.05, 4.69) is 27.4 Å². The number of piperidine rings is 1. The highest BCUT2D eigenvalue weighted by Gasteiger charge is 2.29. The zero-order valence-corrected chi connectivity index (χ0v) is 18.3. The molecule has 1 saturated heterocycles. The molecular formula is C19H30F3IN4. The minimum Gasteiger partial charge on any atom is -0.357 e. The van der Waals surface area contributed by atoms with Gasteiger partial charge in [0.1, 0.15) is 0 Å². The van der Waals surface area contributed by atoms with Gasteiger partial charge in [0, 0.05) is 19.6 Å². The predicted molar refractivity (Wildman–Crippen MR) is 115 cm³/mol. The van der Waals surface area contributed by atoms with E-state index < -0.39 is 11.7 Å². The molecule has 1 unspecified atom stereocenters. The third-order valence-electron chi connectivity index (χ3n) is 4.65. The van der Waals surface area contributed by atoms with Crippen molar-refractivity contribution in [2.75, 3.05) is 32.7 Å². The van der Waals surface area contributed by atoms with Crippen LogP contribution in [-0.2, 0) is 12.7 Å². The van der Waals surface area contributed by atoms with E-state index in [0.29, 0.717) is 18.4 Å². The molecule has 1 aromatic carbocycles. The summed E-state index contributed by atoms with van der Waals surface area (Å²) in [5.74, 6) is 1.31. The third kappa shape index (κ3) is 8.25. The fourth-order valence-corrected chi connectivity index (χ4v) is 3.16. The Bertz CT molecular complexity index is 575. The highest BCUT2D eigenvalue weighted by atomic mass is 127. The fraction of sp³-hybridized carbons (Fsp3) is 0.632. The molecule has 2 N–H and O–H groups in total. The van der Waals surface area contributed by atoms with E-state index in [1.165, 1.54) is 31.5 Å². The molecule has 8 heteroatoms. The van der Waals surface area contributed by atoms with Crippen molar-refractivity contribution in [1.29, 1.82) is 0 Å². The van der Waals surface area contributed by atoms with Crippen molar-refractivity contribution in [3.05, 3.63) is 35.4 Å². The first-order valence-corrected chi connectivity index (χ1v) is 9.33. The molecule has 0 aliphatic carbocycles. The van der Waals surface area contributed by atoms with E-state index in [9.17, 15) is 13.2 Å². The molecule has 154 valence electrons. The number of likely N-dealkylation sites (tertiary alicyclic amines) is 1. The van der Waals surface area contributed by atoms with E-state index in [0.717, 1.165) is 43.9 Å². The van der Waals surface area contributed by atoms with Crippen LogP contribution < -0.4 is 10.6 Å². The van der Waals surface area contributed by atoms with E-state index >= 15 is 0 Å². The summed E-state index contributed by atoms with van der Waals surface area (Å²) in [7, 11) is 0. The Morgan fingerprint density at radius 2 is 1.89 bits per heavy atom. The molecule has 0 aromatic heterocycles. The smallest absolute Gasteiger partial charge is 0.357 e. The number of rotatable bonds is 6. The summed E-state index contributed by atoms with van der Waals surface area (Å²) in [6, 6.07) is 5.17. The third-order valence-corrected chi connectivity index (χ3v) is 4.65. The van der Waals surface area contributed by atoms with Gasteiger partial charge in [0.2, 0.25) is 0 Å². The Hall–Kier alpha value is -1.03. The van der Waals surface area contributed by atoms with Crippen LogP contribution in [0.4, 0.5) is 13.2 Å². The van der Waals surface area contributed by atoms with Crippen LogP contribution in [0.1, 0.15) is 37.8 Å². The zero-order chi connectivity index (χ0) is 19.0. The lowest BCUT2D eigenvalue weighted by Gasteiger charge is -2.32. The number of hydrogen-bond donors (Lipinski definition) is 2. The first-order valence-electron chi connectivity index (χ1n) is 9.33. The molecule has 0 radical (unpaired) electrons. The number of benzene rings is 1. The second-order valence-electron chi connectivity index (χ2n) is 6.67. The number of halogens is 4. The Balaban J connectivity index is 0.00000364. The summed E-state index contributed by atoms with van der Waals surface area (Å²) < 4.78 is 37.8. The molecule has 0 spiro atoms. The van der Waals surface area contributed by atoms with Gasteiger partial charge >= 0.3 is 6.18 Å². The van der Waals surface area contributed by atoms with Crippen LogP contribution in [0, 0.1) is 5.92 Å². The molecule has 0 saturated carbocycles. The first kappa shape index (κ1) is 24.0. The SMILES string of the molecule is CCNC(=NCc1ccc(C(F)(F)F)cc1)NCC1CCCN(CC)C1.I. The van der Waals surface area contributed by atoms with Crippen molar-refractivity contribution in [2.24, 2.45) is 10.9 Å². The maximum atomic E-state index is 12.6. The van der Waals surface area contributed by atoms with Crippen molar-refractivity contribution in [3.8, 4) is 0 Å². The highest BCUT2D eigenvalue weighted by Crippen LogP contribution is 2.29. The number of hydrogen-bond acceptors (Lipinski definition) is 2. The predicted octanol–water partition coefficient (Wildman–Crippen LogP) is 4.11. The fourth-order valence-electron chi connectivity index (χ4n) is 3.16. The lowest BCUT2D eigenvalue weighted by molar-refractivity contribution is -0.137. The summed E-state index contributed by atoms with van der Waals surface area (Å²) in [5, 5.41) is 6.57. The van der Waals surface area contributed by atoms with Crippen LogP contribution in [0.3, 0.4) is 0 Å². The lowest BCUT2D eigenvalue weighted by Crippen LogP contribution is -2.44. The Morgan fingerprint density at radius 1 is 1.19 bits per heavy atom. The molecule has 0 amide bonds. The lowest BCUT2D eigenvalue weighted by atomic mass is 9.98. The van der Waals surface area contributed by atoms with Crippen LogP contribution in [0.25, 0.3) is 0 Å². The summed E-state index contributed by atoms with van der Waals surface area (Å²) in [6.07, 6.45) is -1.87. The topological polar surface area (TPSA) is 39.7 Å². The Labute approximate surface area is 177 Å². The van der Waals surface area contributed by atoms with Gasteiger partial charge in [-0.1, -0.05) is 19.1 Å². The molecule has 1 fully saturated rings. The number of nitrogens with one attached hydrogen (secondary N) is 2. The van der Waals surface area contributed by atoms with Crippen molar-refractivity contribution >= 4 is 29.9 Å². The van der Waals surface area contributed by atoms with Crippen molar-refractivity contribution in [1.82, 2.24) is 15.5 Å². The van der Waals surface area contributed by atoms with E-state index in [1.807, 2.05) is 6.92 Å². The quantitative estimate of drug-likeness (QED) is 0.353. The van der Waals surface area contributed by atoms with Gasteiger partial charge in [-0.15, -0.1) is 24.0 Å². The number of alkyl halides is 3. The van der Waals surface area contributed by atoms with Crippen LogP contribution in [-0.4, -0.2) is 43.6 Å². The molecule has 1 aliphatic rings. The largest absolute Gasteiger partial charge is 0.416 e. The highest BCUT2D eigenvalue weighted by molar-refractivity contribution is 14.0. The second kappa shape index (κ2) is 11.7. The summed E-state index contributed by atoms with van der Waals surface area (Å²) in [4.78, 5) is 6.96. The summed E-state index contributed by atoms with van der Waals surface area (Å²) in [5.41, 5.74) is 0.123. The zero-order valence-electron chi connectivity index (χ0n) is 16.0. The van der Waals surface area contributed by atoms with Crippen molar-refractivity contribution in [3.63, 3.8) is 0 Å². The van der Waals surface area contributed by atoms with Gasteiger partial charge in [-0.2, -0.15) is 13.2 Å². The minimum atomic E-state index is -4.30. The molecule has 1 aromatic rings. The minimum absolute atomic E-state index is 0. The number of nitrogens with zero attached hydrogens (tertiary/aromatic N) is 2. The van der Waals surface area contributed by atoms with Crippen LogP contribution >= 0.6 is 24.0 Å². The van der Waals surface area contributed by atoms with Gasteiger partial charge in [0.15, 0.2) is 5.96 Å². The number of guanidine groups is 1. The summed E-state index contributed by atoms with van der Waals surface area (Å²) in [6.45, 7) is 9.48. The molecule has 1 heterocycles. The average molecular weight is 498 g/mol. The van der Waals surface area contributed by atoms with Gasteiger partial charge < -0.3 is 15.5 Å². The standard InChI is InChI=1S/C19H29F3N4.HI/c1-3-23-18(25-13-16-6-5-11-26(4-2)14-16)24-12-15-7-9-17(10-8-15)19(20,21)22;/h7-10,16H,3-6,11-14H2,1-2H3,(H2,23,24,25);1H. The van der Waals surface area contributed by atoms with Gasteiger partial charge in [-0.25, -0.2) is 4.99 Å². The Kier molecular flexibility index (Phi) is 10.4. The molecule has 1 aliphatic heterocycles. The van der Waals surface area contributed by atoms with Crippen LogP contribution in [0.2, 0.25) is 0 Å². The number of aliphatic imine (C=N–C) groups is 1. The molecule has 0 bridgehead atoms. The van der Waals surface area contributed by atoms with Gasteiger partial charge in [0.05, 0.1) is 12.1 Å². The Morgan fingerprint density at radius 3 is 2.48 bits per heavy atom. The van der Waals surface area contributed by atoms with E-state index in [-0.39, 0.29) is 24.0 Å². The van der Waals surface area contributed by atoms with Crippen LogP contribution in [0.5, 0.6) is 0 Å². The van der Waals surface area contributed by atoms with Crippen molar-refractivity contribution < 1.29 is 13.2 Å². The van der Waals surface area contributed by atoms with Gasteiger partial charge in [0.25, 0.3) is 0 Å². The van der Waals surface area contributed by atoms with Crippen LogP contribution in [0.15, 0.2) is 29.3 Å². The molecule has 4 nitrogen and oxygen atoms in total. The molecule has 1 atom stereocenters. The van der Waals surface area contributed by atoms with Crippen molar-refractivity contribution in [2.45, 2.75) is 39.4 Å². The molecular weight excluding hydrogens is 468 g/mol. The average Bonchev–Trinajstić information content (AvgIpc) is 2.64. The van der Waals surface area contributed by atoms with Gasteiger partial charge in [-0.3, -0.25) is 0 Å². The maximum absolute atomic E-state index is 12.6. The monoisotopic (exact) mass is 498 g/mol. The molecule has 27 heavy (non-hydrogen) atoms. The van der Waals surface area contributed by atoms with Gasteiger partial charge in [-0.05, 0) is 56.5 Å². The normalized spacial score (nSPS) is 18.7. The van der Waals surface area contributed by atoms with E-state index in [1.54, 1.807) is 0 Å². The first-order chi connectivity index (χ1) is 12.4. The second-order valence-corrected chi connectivity index (χ2v) is 6.67. The van der Waals surface area contributed by atoms with E-state index in [4.69, 9.17) is 0 Å². The maximum Gasteiger partial charge on any atom is 0.416 e.